The van der Waals surface area contributed by atoms with Gasteiger partial charge in [-0.05, 0) is 38.5 Å². The Labute approximate surface area is 191 Å². The summed E-state index contributed by atoms with van der Waals surface area (Å²) >= 11 is 0. The van der Waals surface area contributed by atoms with Crippen LogP contribution in [-0.2, 0) is 6.42 Å². The van der Waals surface area contributed by atoms with Crippen LogP contribution in [0.15, 0.2) is 24.5 Å². The van der Waals surface area contributed by atoms with Crippen molar-refractivity contribution in [3.8, 4) is 28.6 Å². The van der Waals surface area contributed by atoms with Crippen LogP contribution in [0.4, 0.5) is 5.95 Å². The minimum atomic E-state index is -0.413. The van der Waals surface area contributed by atoms with Gasteiger partial charge in [0.2, 0.25) is 11.8 Å². The number of hydrogen-bond acceptors (Lipinski definition) is 9. The Hall–Kier alpha value is -3.95. The van der Waals surface area contributed by atoms with Crippen LogP contribution in [0.2, 0.25) is 0 Å². The second-order valence-electron chi connectivity index (χ2n) is 7.92. The van der Waals surface area contributed by atoms with Gasteiger partial charge in [0.15, 0.2) is 11.5 Å². The van der Waals surface area contributed by atoms with E-state index in [1.165, 1.54) is 13.3 Å². The van der Waals surface area contributed by atoms with Crippen molar-refractivity contribution in [1.82, 2.24) is 25.3 Å². The number of nitrogens with one attached hydrogen (secondary N) is 1. The zero-order valence-electron chi connectivity index (χ0n) is 19.2. The lowest BCUT2D eigenvalue weighted by atomic mass is 9.90. The molecule has 1 aliphatic rings. The quantitative estimate of drug-likeness (QED) is 0.581. The molecule has 3 N–H and O–H groups in total. The maximum atomic E-state index is 13.0. The van der Waals surface area contributed by atoms with Crippen molar-refractivity contribution in [2.45, 2.75) is 39.3 Å². The standard InChI is InChI=1S/C23H26N6O4/c1-11(2)33-19-7-14(17-9-25-10-20(27-17)32-5)13(6-18(19)31-4)15-8-16-21(22(30)28-15)12(3)26-23(24)29-16/h6-7,9-11,15H,8H2,1-5H3,(H,28,30)(H2,24,26,29). The van der Waals surface area contributed by atoms with E-state index in [-0.39, 0.29) is 18.0 Å². The molecule has 4 rings (SSSR count). The number of nitrogen functional groups attached to an aromatic ring is 1. The van der Waals surface area contributed by atoms with E-state index in [2.05, 4.69) is 25.3 Å². The Bertz CT molecular complexity index is 1210. The molecule has 33 heavy (non-hydrogen) atoms. The highest BCUT2D eigenvalue weighted by atomic mass is 16.5. The summed E-state index contributed by atoms with van der Waals surface area (Å²) < 4.78 is 16.8. The summed E-state index contributed by atoms with van der Waals surface area (Å²) in [5.74, 6) is 1.34. The van der Waals surface area contributed by atoms with Crippen LogP contribution in [0.25, 0.3) is 11.3 Å². The van der Waals surface area contributed by atoms with Crippen molar-refractivity contribution < 1.29 is 19.0 Å². The minimum absolute atomic E-state index is 0.0714. The third-order valence-corrected chi connectivity index (χ3v) is 5.28. The zero-order chi connectivity index (χ0) is 23.7. The number of methoxy groups -OCH3 is 2. The molecule has 0 bridgehead atoms. The third kappa shape index (κ3) is 4.36. The number of amides is 1. The van der Waals surface area contributed by atoms with Crippen molar-refractivity contribution in [1.29, 1.82) is 0 Å². The Balaban J connectivity index is 1.88. The Morgan fingerprint density at radius 1 is 1.09 bits per heavy atom. The number of carbonyl (C=O) groups excluding carboxylic acids is 1. The first-order valence-corrected chi connectivity index (χ1v) is 10.5. The molecule has 0 radical (unpaired) electrons. The van der Waals surface area contributed by atoms with Gasteiger partial charge in [0.1, 0.15) is 0 Å². The van der Waals surface area contributed by atoms with Crippen molar-refractivity contribution in [2.24, 2.45) is 0 Å². The lowest BCUT2D eigenvalue weighted by Gasteiger charge is -2.28. The molecule has 10 nitrogen and oxygen atoms in total. The molecule has 0 aliphatic carbocycles. The first kappa shape index (κ1) is 22.3. The number of nitrogens with two attached hydrogens (primary N) is 1. The van der Waals surface area contributed by atoms with E-state index < -0.39 is 6.04 Å². The van der Waals surface area contributed by atoms with Crippen molar-refractivity contribution in [3.63, 3.8) is 0 Å². The van der Waals surface area contributed by atoms with Crippen molar-refractivity contribution in [3.05, 3.63) is 47.0 Å². The zero-order valence-corrected chi connectivity index (χ0v) is 19.2. The number of fused-ring (bicyclic) bond motifs is 1. The molecule has 1 aromatic carbocycles. The van der Waals surface area contributed by atoms with E-state index >= 15 is 0 Å². The Kier molecular flexibility index (Phi) is 5.99. The number of hydrogen-bond donors (Lipinski definition) is 2. The van der Waals surface area contributed by atoms with Gasteiger partial charge in [-0.25, -0.2) is 15.0 Å². The Morgan fingerprint density at radius 3 is 2.58 bits per heavy atom. The molecule has 2 aromatic heterocycles. The normalized spacial score (nSPS) is 15.1. The number of benzene rings is 1. The summed E-state index contributed by atoms with van der Waals surface area (Å²) in [7, 11) is 3.10. The molecule has 3 aromatic rings. The largest absolute Gasteiger partial charge is 0.493 e. The molecule has 0 fully saturated rings. The average molecular weight is 450 g/mol. The summed E-state index contributed by atoms with van der Waals surface area (Å²) in [4.78, 5) is 30.2. The monoisotopic (exact) mass is 450 g/mol. The van der Waals surface area contributed by atoms with Gasteiger partial charge in [0.05, 0.1) is 61.4 Å². The second-order valence-corrected chi connectivity index (χ2v) is 7.92. The fourth-order valence-electron chi connectivity index (χ4n) is 3.93. The highest BCUT2D eigenvalue weighted by Gasteiger charge is 2.31. The summed E-state index contributed by atoms with van der Waals surface area (Å²) in [6.07, 6.45) is 3.51. The number of aromatic nitrogens is 4. The molecule has 0 spiro atoms. The molecule has 1 aliphatic heterocycles. The molecule has 1 amide bonds. The maximum absolute atomic E-state index is 13.0. The fourth-order valence-corrected chi connectivity index (χ4v) is 3.93. The average Bonchev–Trinajstić information content (AvgIpc) is 2.77. The van der Waals surface area contributed by atoms with Crippen LogP contribution in [-0.4, -0.2) is 46.2 Å². The molecular weight excluding hydrogens is 424 g/mol. The van der Waals surface area contributed by atoms with Gasteiger partial charge in [0, 0.05) is 12.0 Å². The van der Waals surface area contributed by atoms with Crippen LogP contribution in [0.1, 0.15) is 47.2 Å². The van der Waals surface area contributed by atoms with Crippen LogP contribution < -0.4 is 25.3 Å². The number of anilines is 1. The van der Waals surface area contributed by atoms with Crippen LogP contribution in [0.3, 0.4) is 0 Å². The highest BCUT2D eigenvalue weighted by molar-refractivity contribution is 5.98. The molecule has 0 saturated carbocycles. The summed E-state index contributed by atoms with van der Waals surface area (Å²) in [5.41, 5.74) is 9.52. The minimum Gasteiger partial charge on any atom is -0.493 e. The van der Waals surface area contributed by atoms with Gasteiger partial charge >= 0.3 is 0 Å². The molecule has 1 unspecified atom stereocenters. The number of aryl methyl sites for hydroxylation is 1. The highest BCUT2D eigenvalue weighted by Crippen LogP contribution is 2.40. The topological polar surface area (TPSA) is 134 Å². The first-order chi connectivity index (χ1) is 15.8. The van der Waals surface area contributed by atoms with Gasteiger partial charge in [-0.2, -0.15) is 0 Å². The van der Waals surface area contributed by atoms with E-state index in [1.54, 1.807) is 20.2 Å². The van der Waals surface area contributed by atoms with Gasteiger partial charge in [-0.3, -0.25) is 9.78 Å². The third-order valence-electron chi connectivity index (χ3n) is 5.28. The molecule has 172 valence electrons. The molecule has 3 heterocycles. The predicted octanol–water partition coefficient (Wildman–Crippen LogP) is 2.66. The first-order valence-electron chi connectivity index (χ1n) is 10.5. The summed E-state index contributed by atoms with van der Waals surface area (Å²) in [6.45, 7) is 5.61. The van der Waals surface area contributed by atoms with Crippen LogP contribution in [0, 0.1) is 6.92 Å². The summed E-state index contributed by atoms with van der Waals surface area (Å²) in [5, 5.41) is 3.06. The van der Waals surface area contributed by atoms with Crippen molar-refractivity contribution >= 4 is 11.9 Å². The lowest BCUT2D eigenvalue weighted by Crippen LogP contribution is -2.37. The van der Waals surface area contributed by atoms with Gasteiger partial charge in [-0.15, -0.1) is 0 Å². The van der Waals surface area contributed by atoms with Gasteiger partial charge < -0.3 is 25.3 Å². The lowest BCUT2D eigenvalue weighted by molar-refractivity contribution is 0.0922. The van der Waals surface area contributed by atoms with Gasteiger partial charge in [0.25, 0.3) is 5.91 Å². The SMILES string of the molecule is COc1cncc(-c2cc(OC(C)C)c(OC)cc2C2Cc3nc(N)nc(C)c3C(=O)N2)n1. The second kappa shape index (κ2) is 8.89. The van der Waals surface area contributed by atoms with Crippen molar-refractivity contribution in [2.75, 3.05) is 20.0 Å². The predicted molar refractivity (Wildman–Crippen MR) is 121 cm³/mol. The van der Waals surface area contributed by atoms with E-state index in [0.717, 1.165) is 11.1 Å². The maximum Gasteiger partial charge on any atom is 0.255 e. The molecule has 10 heteroatoms. The Morgan fingerprint density at radius 2 is 1.88 bits per heavy atom. The molecule has 1 atom stereocenters. The van der Waals surface area contributed by atoms with E-state index in [4.69, 9.17) is 19.9 Å². The number of ether oxygens (including phenoxy) is 3. The number of rotatable bonds is 6. The fraction of sp³-hybridized carbons (Fsp3) is 0.348. The molecule has 0 saturated heterocycles. The van der Waals surface area contributed by atoms with Crippen LogP contribution >= 0.6 is 0 Å². The molecular formula is C23H26N6O4. The summed E-state index contributed by atoms with van der Waals surface area (Å²) in [6, 6.07) is 3.28. The van der Waals surface area contributed by atoms with Gasteiger partial charge in [-0.1, -0.05) is 0 Å². The van der Waals surface area contributed by atoms with E-state index in [0.29, 0.717) is 46.4 Å². The van der Waals surface area contributed by atoms with E-state index in [1.807, 2.05) is 26.0 Å². The number of carbonyl (C=O) groups is 1. The van der Waals surface area contributed by atoms with Crippen LogP contribution in [0.5, 0.6) is 17.4 Å². The smallest absolute Gasteiger partial charge is 0.255 e. The number of nitrogens with zero attached hydrogens (tertiary/aromatic N) is 4. The van der Waals surface area contributed by atoms with E-state index in [9.17, 15) is 4.79 Å².